The Labute approximate surface area is 158 Å². The van der Waals surface area contributed by atoms with Crippen LogP contribution >= 0.6 is 0 Å². The van der Waals surface area contributed by atoms with Crippen LogP contribution in [0, 0.1) is 0 Å². The summed E-state index contributed by atoms with van der Waals surface area (Å²) in [6, 6.07) is 9.59. The summed E-state index contributed by atoms with van der Waals surface area (Å²) >= 11 is 0. The van der Waals surface area contributed by atoms with E-state index in [1.165, 1.54) is 9.13 Å². The van der Waals surface area contributed by atoms with Gasteiger partial charge in [0.1, 0.15) is 12.1 Å². The van der Waals surface area contributed by atoms with Crippen LogP contribution in [0.15, 0.2) is 41.3 Å². The summed E-state index contributed by atoms with van der Waals surface area (Å²) in [5.41, 5.74) is 1.71. The normalized spacial score (nSPS) is 11.1. The Hall–Kier alpha value is -2.96. The minimum atomic E-state index is -0.259. The number of aryl methyl sites for hydroxylation is 1. The fourth-order valence-corrected chi connectivity index (χ4v) is 3.18. The molecule has 142 valence electrons. The first-order valence-electron chi connectivity index (χ1n) is 9.32. The van der Waals surface area contributed by atoms with Gasteiger partial charge in [-0.2, -0.15) is 0 Å². The first-order valence-corrected chi connectivity index (χ1v) is 9.32. The first-order chi connectivity index (χ1) is 13.1. The van der Waals surface area contributed by atoms with Crippen molar-refractivity contribution in [3.63, 3.8) is 0 Å². The van der Waals surface area contributed by atoms with Gasteiger partial charge in [-0.3, -0.25) is 13.9 Å². The number of fused-ring (bicyclic) bond motifs is 1. The Morgan fingerprint density at radius 3 is 2.41 bits per heavy atom. The van der Waals surface area contributed by atoms with Crippen LogP contribution in [0.3, 0.4) is 0 Å². The Kier molecular flexibility index (Phi) is 5.69. The second-order valence-corrected chi connectivity index (χ2v) is 6.58. The highest BCUT2D eigenvalue weighted by Crippen LogP contribution is 2.17. The Balaban J connectivity index is 2.02. The molecule has 7 nitrogen and oxygen atoms in total. The van der Waals surface area contributed by atoms with Crippen LogP contribution in [0.1, 0.15) is 26.7 Å². The lowest BCUT2D eigenvalue weighted by molar-refractivity contribution is -0.131. The zero-order chi connectivity index (χ0) is 19.4. The average Bonchev–Trinajstić information content (AvgIpc) is 2.93. The van der Waals surface area contributed by atoms with Crippen molar-refractivity contribution in [3.8, 4) is 11.4 Å². The SMILES string of the molecule is CCCN(CCC)C(=O)Cn1c(=O)n(C)c2cnc(-c3ccccc3)nc21. The predicted molar refractivity (Wildman–Crippen MR) is 105 cm³/mol. The lowest BCUT2D eigenvalue weighted by Crippen LogP contribution is -2.37. The molecule has 3 rings (SSSR count). The molecule has 0 N–H and O–H groups in total. The largest absolute Gasteiger partial charge is 0.341 e. The van der Waals surface area contributed by atoms with Gasteiger partial charge in [0.05, 0.1) is 6.20 Å². The number of carbonyl (C=O) groups excluding carboxylic acids is 1. The topological polar surface area (TPSA) is 73.0 Å². The summed E-state index contributed by atoms with van der Waals surface area (Å²) < 4.78 is 2.94. The molecule has 0 aliphatic rings. The van der Waals surface area contributed by atoms with Gasteiger partial charge < -0.3 is 4.90 Å². The number of nitrogens with zero attached hydrogens (tertiary/aromatic N) is 5. The number of carbonyl (C=O) groups is 1. The maximum Gasteiger partial charge on any atom is 0.330 e. The van der Waals surface area contributed by atoms with E-state index in [0.717, 1.165) is 18.4 Å². The first kappa shape index (κ1) is 18.8. The quantitative estimate of drug-likeness (QED) is 0.643. The number of rotatable bonds is 7. The van der Waals surface area contributed by atoms with E-state index in [9.17, 15) is 9.59 Å². The molecule has 2 aromatic heterocycles. The highest BCUT2D eigenvalue weighted by atomic mass is 16.2. The second kappa shape index (κ2) is 8.16. The fourth-order valence-electron chi connectivity index (χ4n) is 3.18. The standard InChI is InChI=1S/C20H25N5O2/c1-4-11-24(12-5-2)17(26)14-25-19-16(23(3)20(25)27)13-21-18(22-19)15-9-7-6-8-10-15/h6-10,13H,4-5,11-12,14H2,1-3H3. The van der Waals surface area contributed by atoms with Crippen LogP contribution in [0.25, 0.3) is 22.6 Å². The zero-order valence-corrected chi connectivity index (χ0v) is 16.1. The number of hydrogen-bond acceptors (Lipinski definition) is 4. The van der Waals surface area contributed by atoms with E-state index < -0.39 is 0 Å². The number of imidazole rings is 1. The van der Waals surface area contributed by atoms with E-state index in [-0.39, 0.29) is 18.1 Å². The van der Waals surface area contributed by atoms with Gasteiger partial charge in [-0.1, -0.05) is 44.2 Å². The zero-order valence-electron chi connectivity index (χ0n) is 16.1. The molecule has 0 fully saturated rings. The highest BCUT2D eigenvalue weighted by molar-refractivity contribution is 5.79. The van der Waals surface area contributed by atoms with Gasteiger partial charge in [-0.05, 0) is 12.8 Å². The van der Waals surface area contributed by atoms with E-state index >= 15 is 0 Å². The van der Waals surface area contributed by atoms with Crippen molar-refractivity contribution in [1.29, 1.82) is 0 Å². The van der Waals surface area contributed by atoms with Crippen LogP contribution < -0.4 is 5.69 Å². The minimum Gasteiger partial charge on any atom is -0.341 e. The lowest BCUT2D eigenvalue weighted by Gasteiger charge is -2.21. The van der Waals surface area contributed by atoms with E-state index in [1.54, 1.807) is 13.2 Å². The number of benzene rings is 1. The van der Waals surface area contributed by atoms with Crippen molar-refractivity contribution in [2.24, 2.45) is 7.05 Å². The van der Waals surface area contributed by atoms with Crippen LogP contribution in [-0.2, 0) is 18.4 Å². The van der Waals surface area contributed by atoms with Gasteiger partial charge in [-0.15, -0.1) is 0 Å². The summed E-state index contributed by atoms with van der Waals surface area (Å²) in [5, 5.41) is 0. The number of amides is 1. The molecule has 0 bridgehead atoms. The fraction of sp³-hybridized carbons (Fsp3) is 0.400. The van der Waals surface area contributed by atoms with Gasteiger partial charge >= 0.3 is 5.69 Å². The van der Waals surface area contributed by atoms with E-state index in [2.05, 4.69) is 9.97 Å². The van der Waals surface area contributed by atoms with Gasteiger partial charge in [0.2, 0.25) is 5.91 Å². The van der Waals surface area contributed by atoms with Crippen molar-refractivity contribution in [1.82, 2.24) is 24.0 Å². The summed E-state index contributed by atoms with van der Waals surface area (Å²) in [7, 11) is 1.67. The third-order valence-corrected chi connectivity index (χ3v) is 4.55. The third-order valence-electron chi connectivity index (χ3n) is 4.55. The van der Waals surface area contributed by atoms with Gasteiger partial charge in [-0.25, -0.2) is 14.8 Å². The molecule has 0 radical (unpaired) electrons. The van der Waals surface area contributed by atoms with Crippen molar-refractivity contribution < 1.29 is 4.79 Å². The maximum atomic E-state index is 12.8. The van der Waals surface area contributed by atoms with Crippen LogP contribution in [0.2, 0.25) is 0 Å². The van der Waals surface area contributed by atoms with Crippen LogP contribution in [-0.4, -0.2) is 43.0 Å². The molecule has 1 aromatic carbocycles. The van der Waals surface area contributed by atoms with E-state index in [4.69, 9.17) is 0 Å². The monoisotopic (exact) mass is 367 g/mol. The van der Waals surface area contributed by atoms with E-state index in [0.29, 0.717) is 30.1 Å². The second-order valence-electron chi connectivity index (χ2n) is 6.58. The molecule has 0 unspecified atom stereocenters. The molecule has 0 spiro atoms. The molecular weight excluding hydrogens is 342 g/mol. The molecule has 27 heavy (non-hydrogen) atoms. The molecule has 0 saturated heterocycles. The molecule has 0 aliphatic heterocycles. The summed E-state index contributed by atoms with van der Waals surface area (Å²) in [6.45, 7) is 5.45. The van der Waals surface area contributed by atoms with Gasteiger partial charge in [0.25, 0.3) is 0 Å². The molecule has 3 aromatic rings. The van der Waals surface area contributed by atoms with Gasteiger partial charge in [0, 0.05) is 25.7 Å². The van der Waals surface area contributed by atoms with Crippen molar-refractivity contribution >= 4 is 17.1 Å². The molecule has 0 saturated carbocycles. The Morgan fingerprint density at radius 2 is 1.78 bits per heavy atom. The molecule has 0 atom stereocenters. The summed E-state index contributed by atoms with van der Waals surface area (Å²) in [4.78, 5) is 36.3. The molecule has 7 heteroatoms. The molecular formula is C20H25N5O2. The Bertz CT molecular complexity index is 985. The van der Waals surface area contributed by atoms with Crippen LogP contribution in [0.4, 0.5) is 0 Å². The smallest absolute Gasteiger partial charge is 0.330 e. The number of hydrogen-bond donors (Lipinski definition) is 0. The molecule has 2 heterocycles. The van der Waals surface area contributed by atoms with Crippen molar-refractivity contribution in [2.45, 2.75) is 33.2 Å². The van der Waals surface area contributed by atoms with Gasteiger partial charge in [0.15, 0.2) is 11.5 Å². The summed E-state index contributed by atoms with van der Waals surface area (Å²) in [6.07, 6.45) is 3.41. The van der Waals surface area contributed by atoms with Crippen molar-refractivity contribution in [2.75, 3.05) is 13.1 Å². The van der Waals surface area contributed by atoms with E-state index in [1.807, 2.05) is 49.1 Å². The van der Waals surface area contributed by atoms with Crippen molar-refractivity contribution in [3.05, 3.63) is 47.0 Å². The van der Waals surface area contributed by atoms with Crippen LogP contribution in [0.5, 0.6) is 0 Å². The Morgan fingerprint density at radius 1 is 1.11 bits per heavy atom. The third kappa shape index (κ3) is 3.77. The predicted octanol–water partition coefficient (Wildman–Crippen LogP) is 2.45. The minimum absolute atomic E-state index is 0.0125. The highest BCUT2D eigenvalue weighted by Gasteiger charge is 2.19. The number of aromatic nitrogens is 4. The maximum absolute atomic E-state index is 12.8. The molecule has 0 aliphatic carbocycles. The summed E-state index contributed by atoms with van der Waals surface area (Å²) in [5.74, 6) is 0.474. The average molecular weight is 367 g/mol. The lowest BCUT2D eigenvalue weighted by atomic mass is 10.2. The molecule has 1 amide bonds.